The number of aliphatic imine (C=N–C) groups is 1. The number of carboxylic acid groups (broad SMARTS) is 2. The number of hydrogen-bond acceptors (Lipinski definition) is 6. The Morgan fingerprint density at radius 2 is 2.09 bits per heavy atom. The number of carbonyl (C=O) groups is 2. The first kappa shape index (κ1) is 17.7. The van der Waals surface area contributed by atoms with Gasteiger partial charge < -0.3 is 25.4 Å². The fraction of sp³-hybridized carbons (Fsp3) is 0.500. The molecule has 0 radical (unpaired) electrons. The van der Waals surface area contributed by atoms with Crippen molar-refractivity contribution in [3.05, 3.63) is 23.2 Å². The minimum atomic E-state index is -1.12. The third kappa shape index (κ3) is 4.59. The van der Waals surface area contributed by atoms with Gasteiger partial charge in [-0.1, -0.05) is 6.08 Å². The van der Waals surface area contributed by atoms with Crippen LogP contribution in [0.3, 0.4) is 0 Å². The maximum absolute atomic E-state index is 11.1. The molecule has 0 heterocycles. The van der Waals surface area contributed by atoms with Crippen LogP contribution in [0.25, 0.3) is 0 Å². The Labute approximate surface area is 127 Å². The molecule has 1 rings (SSSR count). The summed E-state index contributed by atoms with van der Waals surface area (Å²) in [6, 6.07) is 0. The lowest BCUT2D eigenvalue weighted by Crippen LogP contribution is -2.31. The number of methoxy groups -OCH3 is 1. The quantitative estimate of drug-likeness (QED) is 0.499. The van der Waals surface area contributed by atoms with Crippen molar-refractivity contribution in [1.29, 1.82) is 0 Å². The number of aliphatic hydroxyl groups excluding tert-OH is 1. The third-order valence-corrected chi connectivity index (χ3v) is 3.18. The summed E-state index contributed by atoms with van der Waals surface area (Å²) < 4.78 is 5.26. The van der Waals surface area contributed by atoms with Gasteiger partial charge >= 0.3 is 11.9 Å². The number of hydrogen-bond donors (Lipinski definition) is 4. The van der Waals surface area contributed by atoms with Crippen LogP contribution in [0.2, 0.25) is 0 Å². The van der Waals surface area contributed by atoms with Crippen LogP contribution in [0.15, 0.2) is 28.2 Å². The van der Waals surface area contributed by atoms with E-state index in [1.165, 1.54) is 13.2 Å². The molecule has 4 N–H and O–H groups in total. The van der Waals surface area contributed by atoms with Crippen molar-refractivity contribution >= 4 is 17.7 Å². The van der Waals surface area contributed by atoms with Crippen molar-refractivity contribution in [1.82, 2.24) is 5.32 Å². The number of carboxylic acids is 2. The standard InChI is InChI=1S/C14H20N2O6/c1-3-9(14(20)21)16-11-5-8(7-17)4-10(13(11)22-2)15-6-12(18)19/h3,8,16-17H,4-7H2,1-2H3,(H,18,19)(H,20,21)/b9-3+,15-10?/t8-/m1/s1. The van der Waals surface area contributed by atoms with Gasteiger partial charge in [-0.3, -0.25) is 9.79 Å². The zero-order valence-corrected chi connectivity index (χ0v) is 12.5. The predicted octanol–water partition coefficient (Wildman–Crippen LogP) is 0.350. The summed E-state index contributed by atoms with van der Waals surface area (Å²) in [6.07, 6.45) is 2.16. The lowest BCUT2D eigenvalue weighted by atomic mass is 9.89. The summed E-state index contributed by atoms with van der Waals surface area (Å²) in [5.74, 6) is -2.06. The average Bonchev–Trinajstić information content (AvgIpc) is 2.49. The van der Waals surface area contributed by atoms with Crippen LogP contribution in [0, 0.1) is 5.92 Å². The number of ether oxygens (including phenoxy) is 1. The molecule has 0 saturated heterocycles. The summed E-state index contributed by atoms with van der Waals surface area (Å²) >= 11 is 0. The zero-order valence-electron chi connectivity index (χ0n) is 12.5. The first-order chi connectivity index (χ1) is 10.4. The second kappa shape index (κ2) is 8.18. The molecule has 1 atom stereocenters. The molecule has 1 aliphatic carbocycles. The third-order valence-electron chi connectivity index (χ3n) is 3.18. The van der Waals surface area contributed by atoms with Crippen LogP contribution in [0.5, 0.6) is 0 Å². The molecular formula is C14H20N2O6. The SMILES string of the molecule is C/C=C(/NC1=C(OC)C(=NCC(=O)O)C[C@@H](CO)C1)C(=O)O. The first-order valence-electron chi connectivity index (χ1n) is 6.73. The smallest absolute Gasteiger partial charge is 0.351 e. The van der Waals surface area contributed by atoms with E-state index in [9.17, 15) is 14.7 Å². The molecule has 0 aromatic carbocycles. The van der Waals surface area contributed by atoms with Crippen molar-refractivity contribution in [2.45, 2.75) is 19.8 Å². The van der Waals surface area contributed by atoms with Crippen molar-refractivity contribution in [3.63, 3.8) is 0 Å². The minimum Gasteiger partial charge on any atom is -0.493 e. The van der Waals surface area contributed by atoms with E-state index < -0.39 is 18.5 Å². The molecule has 122 valence electrons. The largest absolute Gasteiger partial charge is 0.493 e. The van der Waals surface area contributed by atoms with Crippen molar-refractivity contribution in [3.8, 4) is 0 Å². The number of aliphatic hydroxyl groups is 1. The normalized spacial score (nSPS) is 21.0. The first-order valence-corrected chi connectivity index (χ1v) is 6.73. The Morgan fingerprint density at radius 3 is 2.55 bits per heavy atom. The molecule has 1 aliphatic rings. The van der Waals surface area contributed by atoms with Crippen LogP contribution in [-0.4, -0.2) is 53.2 Å². The minimum absolute atomic E-state index is 0.0271. The van der Waals surface area contributed by atoms with Crippen LogP contribution in [0.1, 0.15) is 19.8 Å². The molecule has 0 spiro atoms. The van der Waals surface area contributed by atoms with Crippen LogP contribution in [0.4, 0.5) is 0 Å². The second-order valence-electron chi connectivity index (χ2n) is 4.76. The van der Waals surface area contributed by atoms with Gasteiger partial charge in [0.05, 0.1) is 18.5 Å². The van der Waals surface area contributed by atoms with Gasteiger partial charge in [-0.05, 0) is 25.7 Å². The average molecular weight is 312 g/mol. The molecule has 0 saturated carbocycles. The lowest BCUT2D eigenvalue weighted by molar-refractivity contribution is -0.135. The maximum atomic E-state index is 11.1. The van der Waals surface area contributed by atoms with Crippen molar-refractivity contribution < 1.29 is 29.6 Å². The van der Waals surface area contributed by atoms with Crippen molar-refractivity contribution in [2.75, 3.05) is 20.3 Å². The van der Waals surface area contributed by atoms with Crippen LogP contribution >= 0.6 is 0 Å². The highest BCUT2D eigenvalue weighted by molar-refractivity contribution is 6.01. The molecular weight excluding hydrogens is 292 g/mol. The fourth-order valence-corrected chi connectivity index (χ4v) is 2.18. The summed E-state index contributed by atoms with van der Waals surface area (Å²) in [6.45, 7) is 1.05. The van der Waals surface area contributed by atoms with E-state index in [0.717, 1.165) is 0 Å². The van der Waals surface area contributed by atoms with Gasteiger partial charge in [0.25, 0.3) is 0 Å². The molecule has 22 heavy (non-hydrogen) atoms. The van der Waals surface area contributed by atoms with E-state index >= 15 is 0 Å². The van der Waals surface area contributed by atoms with Crippen LogP contribution in [-0.2, 0) is 14.3 Å². The Kier molecular flexibility index (Phi) is 6.58. The van der Waals surface area contributed by atoms with E-state index in [0.29, 0.717) is 30.0 Å². The number of nitrogens with zero attached hydrogens (tertiary/aromatic N) is 1. The second-order valence-corrected chi connectivity index (χ2v) is 4.76. The zero-order chi connectivity index (χ0) is 16.7. The molecule has 0 aromatic heterocycles. The summed E-state index contributed by atoms with van der Waals surface area (Å²) in [5, 5.41) is 29.9. The fourth-order valence-electron chi connectivity index (χ4n) is 2.18. The molecule has 0 aromatic rings. The molecule has 0 unspecified atom stereocenters. The van der Waals surface area contributed by atoms with Gasteiger partial charge in [-0.25, -0.2) is 4.79 Å². The Morgan fingerprint density at radius 1 is 1.41 bits per heavy atom. The number of allylic oxidation sites excluding steroid dienone is 3. The molecule has 8 heteroatoms. The van der Waals surface area contributed by atoms with Gasteiger partial charge in [0.15, 0.2) is 5.76 Å². The summed E-state index contributed by atoms with van der Waals surface area (Å²) in [4.78, 5) is 25.7. The summed E-state index contributed by atoms with van der Waals surface area (Å²) in [5.41, 5.74) is 0.840. The highest BCUT2D eigenvalue weighted by Crippen LogP contribution is 2.27. The Hall–Kier alpha value is -2.35. The van der Waals surface area contributed by atoms with E-state index in [2.05, 4.69) is 10.3 Å². The highest BCUT2D eigenvalue weighted by Gasteiger charge is 2.28. The van der Waals surface area contributed by atoms with E-state index in [4.69, 9.17) is 14.9 Å². The van der Waals surface area contributed by atoms with E-state index in [1.807, 2.05) is 0 Å². The molecule has 8 nitrogen and oxygen atoms in total. The Balaban J connectivity index is 3.18. The number of aliphatic carboxylic acids is 2. The monoisotopic (exact) mass is 312 g/mol. The highest BCUT2D eigenvalue weighted by atomic mass is 16.5. The van der Waals surface area contributed by atoms with E-state index in [1.54, 1.807) is 6.92 Å². The molecule has 0 bridgehead atoms. The number of rotatable bonds is 7. The molecule has 0 amide bonds. The van der Waals surface area contributed by atoms with Crippen molar-refractivity contribution in [2.24, 2.45) is 10.9 Å². The number of nitrogens with one attached hydrogen (secondary N) is 1. The van der Waals surface area contributed by atoms with Crippen LogP contribution < -0.4 is 5.32 Å². The summed E-state index contributed by atoms with van der Waals surface area (Å²) in [7, 11) is 1.41. The topological polar surface area (TPSA) is 128 Å². The van der Waals surface area contributed by atoms with E-state index in [-0.39, 0.29) is 18.2 Å². The Bertz CT molecular complexity index is 535. The van der Waals surface area contributed by atoms with Gasteiger partial charge in [-0.2, -0.15) is 0 Å². The lowest BCUT2D eigenvalue weighted by Gasteiger charge is -2.27. The maximum Gasteiger partial charge on any atom is 0.351 e. The van der Waals surface area contributed by atoms with Gasteiger partial charge in [-0.15, -0.1) is 0 Å². The molecule has 0 aliphatic heterocycles. The van der Waals surface area contributed by atoms with Gasteiger partial charge in [0.2, 0.25) is 0 Å². The predicted molar refractivity (Wildman–Crippen MR) is 78.3 cm³/mol. The molecule has 0 fully saturated rings. The van der Waals surface area contributed by atoms with Gasteiger partial charge in [0, 0.05) is 6.61 Å². The van der Waals surface area contributed by atoms with Gasteiger partial charge in [0.1, 0.15) is 12.2 Å².